The van der Waals surface area contributed by atoms with Crippen molar-refractivity contribution in [2.24, 2.45) is 10.7 Å². The molecule has 3 N–H and O–H groups in total. The predicted molar refractivity (Wildman–Crippen MR) is 91.8 cm³/mol. The highest BCUT2D eigenvalue weighted by atomic mass is 127. The smallest absolute Gasteiger partial charge is 0.382 e. The Morgan fingerprint density at radius 2 is 2.23 bits per heavy atom. The topological polar surface area (TPSA) is 72.5 Å². The molecule has 128 valence electrons. The number of thiazole rings is 1. The van der Waals surface area contributed by atoms with Crippen molar-refractivity contribution in [3.63, 3.8) is 0 Å². The van der Waals surface area contributed by atoms with Crippen molar-refractivity contribution in [2.75, 3.05) is 26.3 Å². The first-order valence-corrected chi connectivity index (χ1v) is 7.44. The van der Waals surface area contributed by atoms with Crippen LogP contribution in [-0.2, 0) is 17.3 Å². The van der Waals surface area contributed by atoms with Crippen LogP contribution in [0.4, 0.5) is 13.2 Å². The van der Waals surface area contributed by atoms with Crippen molar-refractivity contribution in [3.8, 4) is 0 Å². The Balaban J connectivity index is 0.00000441. The normalized spacial score (nSPS) is 12.1. The summed E-state index contributed by atoms with van der Waals surface area (Å²) in [5.41, 5.74) is 4.78. The number of aliphatic imine (C=N–C) groups is 1. The largest absolute Gasteiger partial charge is 0.434 e. The number of nitrogens with one attached hydrogen (secondary N) is 1. The van der Waals surface area contributed by atoms with Crippen molar-refractivity contribution >= 4 is 41.3 Å². The molecule has 1 aromatic heterocycles. The maximum Gasteiger partial charge on any atom is 0.434 e. The minimum atomic E-state index is -4.39. The van der Waals surface area contributed by atoms with E-state index < -0.39 is 11.9 Å². The number of hydrogen-bond acceptors (Lipinski definition) is 4. The maximum atomic E-state index is 12.4. The third-order valence-corrected chi connectivity index (χ3v) is 3.33. The Morgan fingerprint density at radius 3 is 2.82 bits per heavy atom. The van der Waals surface area contributed by atoms with E-state index in [4.69, 9.17) is 10.5 Å². The molecule has 1 rings (SSSR count). The third kappa shape index (κ3) is 8.73. The zero-order chi connectivity index (χ0) is 15.7. The molecule has 0 fully saturated rings. The van der Waals surface area contributed by atoms with Crippen LogP contribution in [0.5, 0.6) is 0 Å². The number of nitrogens with two attached hydrogens (primary N) is 1. The zero-order valence-electron chi connectivity index (χ0n) is 12.2. The molecule has 22 heavy (non-hydrogen) atoms. The molecule has 0 saturated heterocycles. The van der Waals surface area contributed by atoms with Crippen LogP contribution in [0, 0.1) is 0 Å². The van der Waals surface area contributed by atoms with Crippen LogP contribution in [0.1, 0.15) is 24.0 Å². The van der Waals surface area contributed by atoms with Crippen LogP contribution in [-0.4, -0.2) is 37.2 Å². The van der Waals surface area contributed by atoms with E-state index in [1.165, 1.54) is 0 Å². The van der Waals surface area contributed by atoms with Gasteiger partial charge < -0.3 is 15.8 Å². The van der Waals surface area contributed by atoms with E-state index in [0.29, 0.717) is 37.7 Å². The van der Waals surface area contributed by atoms with E-state index in [2.05, 4.69) is 15.3 Å². The van der Waals surface area contributed by atoms with Crippen LogP contribution in [0.2, 0.25) is 0 Å². The van der Waals surface area contributed by atoms with Gasteiger partial charge in [-0.2, -0.15) is 13.2 Å². The lowest BCUT2D eigenvalue weighted by atomic mass is 10.4. The van der Waals surface area contributed by atoms with Crippen LogP contribution >= 0.6 is 35.3 Å². The summed E-state index contributed by atoms with van der Waals surface area (Å²) in [4.78, 5) is 7.61. The van der Waals surface area contributed by atoms with Crippen LogP contribution in [0.25, 0.3) is 0 Å². The summed E-state index contributed by atoms with van der Waals surface area (Å²) in [7, 11) is 0. The highest BCUT2D eigenvalue weighted by Crippen LogP contribution is 2.29. The second-order valence-electron chi connectivity index (χ2n) is 4.12. The Morgan fingerprint density at radius 1 is 1.50 bits per heavy atom. The van der Waals surface area contributed by atoms with Crippen LogP contribution in [0.15, 0.2) is 10.4 Å². The molecule has 10 heteroatoms. The molecule has 0 aliphatic carbocycles. The number of guanidine groups is 1. The number of hydrogen-bond donors (Lipinski definition) is 2. The summed E-state index contributed by atoms with van der Waals surface area (Å²) >= 11 is 0.987. The van der Waals surface area contributed by atoms with Crippen LogP contribution < -0.4 is 11.1 Å². The molecular weight excluding hydrogens is 432 g/mol. The Kier molecular flexibility index (Phi) is 10.7. The van der Waals surface area contributed by atoms with E-state index in [0.717, 1.165) is 23.1 Å². The standard InChI is InChI=1S/C12H19F3N4OS.HI/c1-2-20-7-3-5-17-11(16)18-6-4-10-19-9(8-21-10)12(13,14)15;/h8H,2-7H2,1H3,(H3,16,17,18);1H. The molecule has 0 saturated carbocycles. The molecule has 0 spiro atoms. The van der Waals surface area contributed by atoms with Crippen molar-refractivity contribution in [1.29, 1.82) is 0 Å². The first-order valence-electron chi connectivity index (χ1n) is 6.56. The van der Waals surface area contributed by atoms with Crippen LogP contribution in [0.3, 0.4) is 0 Å². The van der Waals surface area contributed by atoms with E-state index in [1.54, 1.807) is 0 Å². The Labute approximate surface area is 148 Å². The molecule has 0 bridgehead atoms. The lowest BCUT2D eigenvalue weighted by Gasteiger charge is -2.04. The fourth-order valence-electron chi connectivity index (χ4n) is 1.42. The third-order valence-electron chi connectivity index (χ3n) is 2.42. The number of halogens is 4. The van der Waals surface area contributed by atoms with Gasteiger partial charge in [0.1, 0.15) is 0 Å². The van der Waals surface area contributed by atoms with Gasteiger partial charge in [-0.3, -0.25) is 4.99 Å². The second kappa shape index (κ2) is 11.0. The maximum absolute atomic E-state index is 12.4. The molecule has 0 unspecified atom stereocenters. The summed E-state index contributed by atoms with van der Waals surface area (Å²) in [6.07, 6.45) is -3.24. The average molecular weight is 452 g/mol. The van der Waals surface area contributed by atoms with Crippen molar-refractivity contribution in [3.05, 3.63) is 16.1 Å². The van der Waals surface area contributed by atoms with Gasteiger partial charge >= 0.3 is 6.18 Å². The molecule has 0 aliphatic rings. The fraction of sp³-hybridized carbons (Fsp3) is 0.667. The second-order valence-corrected chi connectivity index (χ2v) is 5.06. The predicted octanol–water partition coefficient (Wildman–Crippen LogP) is 2.65. The van der Waals surface area contributed by atoms with E-state index in [9.17, 15) is 13.2 Å². The SMILES string of the molecule is CCOCCCN=C(N)NCCc1nc(C(F)(F)F)cs1.I. The molecule has 1 aromatic rings. The molecule has 5 nitrogen and oxygen atoms in total. The summed E-state index contributed by atoms with van der Waals surface area (Å²) in [5.74, 6) is 0.277. The van der Waals surface area contributed by atoms with Gasteiger partial charge in [-0.25, -0.2) is 4.98 Å². The highest BCUT2D eigenvalue weighted by Gasteiger charge is 2.33. The minimum Gasteiger partial charge on any atom is -0.382 e. The molecule has 0 aromatic carbocycles. The van der Waals surface area contributed by atoms with Gasteiger partial charge in [0.25, 0.3) is 0 Å². The quantitative estimate of drug-likeness (QED) is 0.276. The zero-order valence-corrected chi connectivity index (χ0v) is 15.3. The molecule has 0 aliphatic heterocycles. The first-order chi connectivity index (χ1) is 9.93. The van der Waals surface area contributed by atoms with Gasteiger partial charge in [0, 0.05) is 38.1 Å². The average Bonchev–Trinajstić information content (AvgIpc) is 2.87. The highest BCUT2D eigenvalue weighted by molar-refractivity contribution is 14.0. The van der Waals surface area contributed by atoms with Gasteiger partial charge in [0.2, 0.25) is 0 Å². The van der Waals surface area contributed by atoms with Gasteiger partial charge in [0.05, 0.1) is 5.01 Å². The van der Waals surface area contributed by atoms with Gasteiger partial charge in [0.15, 0.2) is 11.7 Å². The first kappa shape index (κ1) is 21.4. The lowest BCUT2D eigenvalue weighted by Crippen LogP contribution is -2.33. The van der Waals surface area contributed by atoms with Gasteiger partial charge in [-0.15, -0.1) is 35.3 Å². The molecule has 0 atom stereocenters. The molecule has 1 heterocycles. The van der Waals surface area contributed by atoms with E-state index >= 15 is 0 Å². The minimum absolute atomic E-state index is 0. The van der Waals surface area contributed by atoms with Crippen molar-refractivity contribution in [2.45, 2.75) is 25.9 Å². The Bertz CT molecular complexity index is 454. The summed E-state index contributed by atoms with van der Waals surface area (Å²) in [6, 6.07) is 0. The number of rotatable bonds is 8. The van der Waals surface area contributed by atoms with Gasteiger partial charge in [-0.1, -0.05) is 0 Å². The monoisotopic (exact) mass is 452 g/mol. The number of alkyl halides is 3. The number of nitrogens with zero attached hydrogens (tertiary/aromatic N) is 2. The molecular formula is C12H20F3IN4OS. The lowest BCUT2D eigenvalue weighted by molar-refractivity contribution is -0.140. The number of ether oxygens (including phenoxy) is 1. The van der Waals surface area contributed by atoms with Gasteiger partial charge in [-0.05, 0) is 13.3 Å². The molecule has 0 radical (unpaired) electrons. The van der Waals surface area contributed by atoms with E-state index in [-0.39, 0.29) is 29.9 Å². The van der Waals surface area contributed by atoms with Crippen molar-refractivity contribution in [1.82, 2.24) is 10.3 Å². The summed E-state index contributed by atoms with van der Waals surface area (Å²) in [5, 5.41) is 4.27. The molecule has 0 amide bonds. The number of aromatic nitrogens is 1. The van der Waals surface area contributed by atoms with Crippen molar-refractivity contribution < 1.29 is 17.9 Å². The summed E-state index contributed by atoms with van der Waals surface area (Å²) < 4.78 is 42.2. The fourth-order valence-corrected chi connectivity index (χ4v) is 2.22. The summed E-state index contributed by atoms with van der Waals surface area (Å²) in [6.45, 7) is 4.17. The van der Waals surface area contributed by atoms with E-state index in [1.807, 2.05) is 6.92 Å². The Hall–Kier alpha value is -0.620.